The Bertz CT molecular complexity index is 586. The van der Waals surface area contributed by atoms with E-state index in [1.165, 1.54) is 0 Å². The van der Waals surface area contributed by atoms with E-state index >= 15 is 0 Å². The Balaban J connectivity index is 2.35. The van der Waals surface area contributed by atoms with Gasteiger partial charge in [0.05, 0.1) is 6.10 Å². The van der Waals surface area contributed by atoms with Gasteiger partial charge in [-0.2, -0.15) is 0 Å². The molecule has 0 heterocycles. The number of aliphatic hydroxyl groups is 1. The molecule has 0 aliphatic carbocycles. The van der Waals surface area contributed by atoms with Crippen molar-refractivity contribution in [1.29, 1.82) is 0 Å². The molecule has 0 radical (unpaired) electrons. The monoisotopic (exact) mass is 417 g/mol. The first-order chi connectivity index (χ1) is 9.51. The average Bonchev–Trinajstić information content (AvgIpc) is 2.38. The summed E-state index contributed by atoms with van der Waals surface area (Å²) < 4.78 is 1.81. The first kappa shape index (κ1) is 16.0. The Kier molecular flexibility index (Phi) is 5.64. The normalized spacial score (nSPS) is 14.1. The van der Waals surface area contributed by atoms with E-state index in [2.05, 4.69) is 31.9 Å². The molecule has 5 heteroatoms. The topological polar surface area (TPSA) is 46.2 Å². The predicted octanol–water partition coefficient (Wildman–Crippen LogP) is 4.64. The summed E-state index contributed by atoms with van der Waals surface area (Å²) in [5.74, 6) is -0.199. The van der Waals surface area contributed by atoms with Gasteiger partial charge in [0.1, 0.15) is 0 Å². The lowest BCUT2D eigenvalue weighted by atomic mass is 9.89. The van der Waals surface area contributed by atoms with Crippen molar-refractivity contribution in [1.82, 2.24) is 0 Å². The fourth-order valence-corrected chi connectivity index (χ4v) is 3.69. The van der Waals surface area contributed by atoms with Gasteiger partial charge in [-0.3, -0.25) is 0 Å². The molecule has 0 aliphatic heterocycles. The van der Waals surface area contributed by atoms with Crippen molar-refractivity contribution in [3.05, 3.63) is 67.6 Å². The lowest BCUT2D eigenvalue weighted by molar-refractivity contribution is 0.147. The van der Waals surface area contributed by atoms with Crippen LogP contribution in [0.25, 0.3) is 0 Å². The van der Waals surface area contributed by atoms with Gasteiger partial charge in [0.2, 0.25) is 0 Å². The van der Waals surface area contributed by atoms with Gasteiger partial charge in [0, 0.05) is 26.4 Å². The van der Waals surface area contributed by atoms with Crippen LogP contribution < -0.4 is 5.73 Å². The Hall–Kier alpha value is -0.390. The first-order valence-electron chi connectivity index (χ1n) is 6.11. The van der Waals surface area contributed by atoms with Crippen molar-refractivity contribution < 1.29 is 5.11 Å². The number of rotatable bonds is 4. The average molecular weight is 420 g/mol. The van der Waals surface area contributed by atoms with Crippen LogP contribution in [0.4, 0.5) is 0 Å². The zero-order chi connectivity index (χ0) is 14.7. The second kappa shape index (κ2) is 7.05. The Morgan fingerprint density at radius 3 is 2.25 bits per heavy atom. The summed E-state index contributed by atoms with van der Waals surface area (Å²) >= 11 is 12.9. The summed E-state index contributed by atoms with van der Waals surface area (Å²) in [6, 6.07) is 13.2. The van der Waals surface area contributed by atoms with E-state index in [1.807, 2.05) is 36.4 Å². The number of benzene rings is 2. The third-order valence-electron chi connectivity index (χ3n) is 3.14. The summed E-state index contributed by atoms with van der Waals surface area (Å²) in [5, 5.41) is 11.3. The molecule has 0 fully saturated rings. The highest BCUT2D eigenvalue weighted by molar-refractivity contribution is 9.11. The molecule has 106 valence electrons. The minimum atomic E-state index is -0.688. The number of hydrogen-bond acceptors (Lipinski definition) is 2. The van der Waals surface area contributed by atoms with Crippen LogP contribution in [0, 0.1) is 0 Å². The smallest absolute Gasteiger partial charge is 0.0871 e. The van der Waals surface area contributed by atoms with Crippen molar-refractivity contribution in [2.75, 3.05) is 6.54 Å². The van der Waals surface area contributed by atoms with Gasteiger partial charge in [-0.15, -0.1) is 0 Å². The maximum Gasteiger partial charge on any atom is 0.0871 e. The zero-order valence-corrected chi connectivity index (χ0v) is 14.5. The van der Waals surface area contributed by atoms with Crippen LogP contribution in [0.15, 0.2) is 51.4 Å². The second-order valence-corrected chi connectivity index (χ2v) is 6.81. The third-order valence-corrected chi connectivity index (χ3v) is 4.29. The molecule has 2 atom stereocenters. The quantitative estimate of drug-likeness (QED) is 0.758. The lowest BCUT2D eigenvalue weighted by Gasteiger charge is -2.23. The SMILES string of the molecule is NCC(c1cccc(Cl)c1)C(O)c1cc(Br)cc(Br)c1. The standard InChI is InChI=1S/C15H14Br2ClNO/c16-11-4-10(5-12(17)7-11)15(20)14(8-19)9-2-1-3-13(18)6-9/h1-7,14-15,20H,8,19H2. The van der Waals surface area contributed by atoms with E-state index in [4.69, 9.17) is 17.3 Å². The van der Waals surface area contributed by atoms with Crippen molar-refractivity contribution in [2.45, 2.75) is 12.0 Å². The molecule has 0 aromatic heterocycles. The third kappa shape index (κ3) is 3.83. The maximum absolute atomic E-state index is 10.6. The van der Waals surface area contributed by atoms with Crippen LogP contribution in [0.5, 0.6) is 0 Å². The highest BCUT2D eigenvalue weighted by atomic mass is 79.9. The van der Waals surface area contributed by atoms with Crippen molar-refractivity contribution in [3.63, 3.8) is 0 Å². The number of nitrogens with two attached hydrogens (primary N) is 1. The zero-order valence-electron chi connectivity index (χ0n) is 10.6. The molecule has 0 spiro atoms. The first-order valence-corrected chi connectivity index (χ1v) is 8.07. The molecule has 2 rings (SSSR count). The van der Waals surface area contributed by atoms with E-state index < -0.39 is 6.10 Å². The van der Waals surface area contributed by atoms with Crippen LogP contribution in [-0.2, 0) is 0 Å². The Morgan fingerprint density at radius 1 is 1.05 bits per heavy atom. The van der Waals surface area contributed by atoms with Crippen LogP contribution in [-0.4, -0.2) is 11.7 Å². The van der Waals surface area contributed by atoms with E-state index in [1.54, 1.807) is 6.07 Å². The van der Waals surface area contributed by atoms with Gasteiger partial charge in [-0.25, -0.2) is 0 Å². The highest BCUT2D eigenvalue weighted by Gasteiger charge is 2.22. The molecule has 20 heavy (non-hydrogen) atoms. The summed E-state index contributed by atoms with van der Waals surface area (Å²) in [5.41, 5.74) is 7.58. The van der Waals surface area contributed by atoms with Crippen LogP contribution in [0.3, 0.4) is 0 Å². The number of halogens is 3. The highest BCUT2D eigenvalue weighted by Crippen LogP contribution is 2.34. The molecule has 0 saturated heterocycles. The molecule has 2 nitrogen and oxygen atoms in total. The molecular weight excluding hydrogens is 405 g/mol. The Morgan fingerprint density at radius 2 is 1.70 bits per heavy atom. The van der Waals surface area contributed by atoms with Gasteiger partial charge in [-0.05, 0) is 41.5 Å². The summed E-state index contributed by atoms with van der Waals surface area (Å²) in [6.07, 6.45) is -0.688. The molecule has 3 N–H and O–H groups in total. The molecule has 0 aliphatic rings. The molecule has 0 bridgehead atoms. The van der Waals surface area contributed by atoms with E-state index in [-0.39, 0.29) is 5.92 Å². The molecule has 0 saturated carbocycles. The fraction of sp³-hybridized carbons (Fsp3) is 0.200. The molecule has 0 amide bonds. The molecule has 2 unspecified atom stereocenters. The van der Waals surface area contributed by atoms with E-state index in [9.17, 15) is 5.11 Å². The molecular formula is C15H14Br2ClNO. The second-order valence-electron chi connectivity index (χ2n) is 4.54. The minimum absolute atomic E-state index is 0.199. The molecule has 2 aromatic carbocycles. The van der Waals surface area contributed by atoms with Gasteiger partial charge in [-0.1, -0.05) is 55.6 Å². The number of hydrogen-bond donors (Lipinski definition) is 2. The van der Waals surface area contributed by atoms with Gasteiger partial charge < -0.3 is 10.8 Å². The van der Waals surface area contributed by atoms with Gasteiger partial charge >= 0.3 is 0 Å². The van der Waals surface area contributed by atoms with Gasteiger partial charge in [0.25, 0.3) is 0 Å². The van der Waals surface area contributed by atoms with Crippen LogP contribution >= 0.6 is 43.5 Å². The predicted molar refractivity (Wildman–Crippen MR) is 90.0 cm³/mol. The van der Waals surface area contributed by atoms with E-state index in [0.717, 1.165) is 20.1 Å². The maximum atomic E-state index is 10.6. The molecule has 2 aromatic rings. The largest absolute Gasteiger partial charge is 0.388 e. The van der Waals surface area contributed by atoms with Crippen molar-refractivity contribution in [3.8, 4) is 0 Å². The van der Waals surface area contributed by atoms with Crippen molar-refractivity contribution >= 4 is 43.5 Å². The van der Waals surface area contributed by atoms with Crippen LogP contribution in [0.1, 0.15) is 23.1 Å². The van der Waals surface area contributed by atoms with Gasteiger partial charge in [0.15, 0.2) is 0 Å². The fourth-order valence-electron chi connectivity index (χ4n) is 2.16. The summed E-state index contributed by atoms with van der Waals surface area (Å²) in [4.78, 5) is 0. The Labute approximate surface area is 140 Å². The number of aliphatic hydroxyl groups excluding tert-OH is 1. The summed E-state index contributed by atoms with van der Waals surface area (Å²) in [6.45, 7) is 0.339. The minimum Gasteiger partial charge on any atom is -0.388 e. The summed E-state index contributed by atoms with van der Waals surface area (Å²) in [7, 11) is 0. The van der Waals surface area contributed by atoms with E-state index in [0.29, 0.717) is 11.6 Å². The van der Waals surface area contributed by atoms with Crippen molar-refractivity contribution in [2.24, 2.45) is 5.73 Å². The van der Waals surface area contributed by atoms with Crippen LogP contribution in [0.2, 0.25) is 5.02 Å². The lowest BCUT2D eigenvalue weighted by Crippen LogP contribution is -2.20.